The van der Waals surface area contributed by atoms with E-state index in [1.54, 1.807) is 16.7 Å². The SMILES string of the molecule is Cc1nn(-c2ccccc2)c(C)c1C1SCC(=O)N1CCC#N. The number of nitrogens with zero attached hydrogens (tertiary/aromatic N) is 4. The number of hydrogen-bond acceptors (Lipinski definition) is 4. The fourth-order valence-corrected chi connectivity index (χ4v) is 4.32. The van der Waals surface area contributed by atoms with Crippen LogP contribution >= 0.6 is 11.8 Å². The summed E-state index contributed by atoms with van der Waals surface area (Å²) in [6.45, 7) is 4.49. The van der Waals surface area contributed by atoms with Crippen LogP contribution in [0.1, 0.15) is 28.7 Å². The van der Waals surface area contributed by atoms with Crippen molar-refractivity contribution >= 4 is 17.7 Å². The lowest BCUT2D eigenvalue weighted by Crippen LogP contribution is -2.29. The first-order valence-electron chi connectivity index (χ1n) is 7.53. The maximum atomic E-state index is 12.1. The quantitative estimate of drug-likeness (QED) is 0.866. The van der Waals surface area contributed by atoms with Crippen LogP contribution in [-0.2, 0) is 4.79 Å². The molecule has 0 N–H and O–H groups in total. The highest BCUT2D eigenvalue weighted by molar-refractivity contribution is 8.00. The Hall–Kier alpha value is -2.26. The first-order chi connectivity index (χ1) is 11.1. The molecule has 5 nitrogen and oxygen atoms in total. The van der Waals surface area contributed by atoms with Gasteiger partial charge in [-0.05, 0) is 26.0 Å². The van der Waals surface area contributed by atoms with E-state index >= 15 is 0 Å². The second-order valence-electron chi connectivity index (χ2n) is 5.49. The van der Waals surface area contributed by atoms with Crippen LogP contribution in [0.3, 0.4) is 0 Å². The van der Waals surface area contributed by atoms with Crippen molar-refractivity contribution in [2.45, 2.75) is 25.6 Å². The van der Waals surface area contributed by atoms with Gasteiger partial charge in [0, 0.05) is 17.8 Å². The lowest BCUT2D eigenvalue weighted by molar-refractivity contribution is -0.127. The average Bonchev–Trinajstić information content (AvgIpc) is 3.06. The minimum absolute atomic E-state index is 0.0479. The van der Waals surface area contributed by atoms with Gasteiger partial charge in [-0.3, -0.25) is 4.79 Å². The number of amides is 1. The van der Waals surface area contributed by atoms with Crippen LogP contribution in [0.25, 0.3) is 5.69 Å². The summed E-state index contributed by atoms with van der Waals surface area (Å²) in [5.74, 6) is 0.562. The summed E-state index contributed by atoms with van der Waals surface area (Å²) in [6.07, 6.45) is 0.355. The zero-order valence-corrected chi connectivity index (χ0v) is 14.0. The Bertz CT molecular complexity index is 763. The second-order valence-corrected chi connectivity index (χ2v) is 6.56. The number of aryl methyl sites for hydroxylation is 1. The summed E-state index contributed by atoms with van der Waals surface area (Å²) in [5.41, 5.74) is 4.07. The Morgan fingerprint density at radius 1 is 1.35 bits per heavy atom. The largest absolute Gasteiger partial charge is 0.325 e. The van der Waals surface area contributed by atoms with E-state index in [1.807, 2.05) is 48.9 Å². The number of carbonyl (C=O) groups excluding carboxylic acids is 1. The van der Waals surface area contributed by atoms with E-state index in [-0.39, 0.29) is 11.3 Å². The number of nitriles is 1. The molecule has 0 bridgehead atoms. The van der Waals surface area contributed by atoms with Gasteiger partial charge in [0.05, 0.1) is 29.6 Å². The van der Waals surface area contributed by atoms with Crippen LogP contribution in [0.15, 0.2) is 30.3 Å². The zero-order valence-electron chi connectivity index (χ0n) is 13.2. The Morgan fingerprint density at radius 3 is 2.78 bits per heavy atom. The number of thioether (sulfide) groups is 1. The first kappa shape index (κ1) is 15.6. The monoisotopic (exact) mass is 326 g/mol. The molecule has 3 rings (SSSR count). The summed E-state index contributed by atoms with van der Waals surface area (Å²) >= 11 is 1.61. The maximum Gasteiger partial charge on any atom is 0.233 e. The highest BCUT2D eigenvalue weighted by Gasteiger charge is 2.35. The molecule has 1 amide bonds. The summed E-state index contributed by atoms with van der Waals surface area (Å²) in [5, 5.41) is 13.4. The minimum Gasteiger partial charge on any atom is -0.325 e. The summed E-state index contributed by atoms with van der Waals surface area (Å²) in [7, 11) is 0. The first-order valence-corrected chi connectivity index (χ1v) is 8.58. The molecule has 23 heavy (non-hydrogen) atoms. The molecule has 2 heterocycles. The highest BCUT2D eigenvalue weighted by Crippen LogP contribution is 2.41. The minimum atomic E-state index is -0.0479. The van der Waals surface area contributed by atoms with E-state index in [4.69, 9.17) is 5.26 Å². The fraction of sp³-hybridized carbons (Fsp3) is 0.353. The molecule has 1 aliphatic heterocycles. The van der Waals surface area contributed by atoms with Crippen LogP contribution in [0.5, 0.6) is 0 Å². The third-order valence-corrected chi connectivity index (χ3v) is 5.25. The van der Waals surface area contributed by atoms with Gasteiger partial charge in [-0.1, -0.05) is 18.2 Å². The van der Waals surface area contributed by atoms with E-state index in [0.29, 0.717) is 18.7 Å². The van der Waals surface area contributed by atoms with Gasteiger partial charge in [0.1, 0.15) is 5.37 Å². The van der Waals surface area contributed by atoms with Gasteiger partial charge in [0.2, 0.25) is 5.91 Å². The summed E-state index contributed by atoms with van der Waals surface area (Å²) < 4.78 is 1.93. The van der Waals surface area contributed by atoms with Crippen molar-refractivity contribution in [2.24, 2.45) is 0 Å². The molecule has 0 saturated carbocycles. The van der Waals surface area contributed by atoms with Crippen molar-refractivity contribution in [3.05, 3.63) is 47.3 Å². The van der Waals surface area contributed by atoms with Crippen molar-refractivity contribution in [1.82, 2.24) is 14.7 Å². The molecule has 1 fully saturated rings. The molecular weight excluding hydrogens is 308 g/mol. The van der Waals surface area contributed by atoms with Crippen molar-refractivity contribution in [3.8, 4) is 11.8 Å². The molecule has 1 unspecified atom stereocenters. The fourth-order valence-electron chi connectivity index (χ4n) is 2.94. The predicted octanol–water partition coefficient (Wildman–Crippen LogP) is 2.98. The molecule has 6 heteroatoms. The van der Waals surface area contributed by atoms with Crippen LogP contribution < -0.4 is 0 Å². The van der Waals surface area contributed by atoms with Crippen molar-refractivity contribution in [2.75, 3.05) is 12.3 Å². The summed E-state index contributed by atoms with van der Waals surface area (Å²) in [6, 6.07) is 12.1. The lowest BCUT2D eigenvalue weighted by atomic mass is 10.1. The van der Waals surface area contributed by atoms with Crippen LogP contribution in [0.2, 0.25) is 0 Å². The standard InChI is InChI=1S/C17H18N4OS/c1-12-16(17-20(10-6-9-18)15(22)11-23-17)13(2)21(19-12)14-7-4-3-5-8-14/h3-5,7-8,17H,6,10-11H2,1-2H3. The van der Waals surface area contributed by atoms with Gasteiger partial charge < -0.3 is 4.90 Å². The number of hydrogen-bond donors (Lipinski definition) is 0. The topological polar surface area (TPSA) is 61.9 Å². The Balaban J connectivity index is 1.99. The van der Waals surface area contributed by atoms with Crippen molar-refractivity contribution in [1.29, 1.82) is 5.26 Å². The van der Waals surface area contributed by atoms with Gasteiger partial charge in [-0.2, -0.15) is 10.4 Å². The number of carbonyl (C=O) groups is 1. The summed E-state index contributed by atoms with van der Waals surface area (Å²) in [4.78, 5) is 13.9. The molecule has 0 radical (unpaired) electrons. The molecule has 2 aromatic rings. The van der Waals surface area contributed by atoms with Crippen LogP contribution in [0, 0.1) is 25.2 Å². The van der Waals surface area contributed by atoms with Crippen molar-refractivity contribution in [3.63, 3.8) is 0 Å². The maximum absolute atomic E-state index is 12.1. The van der Waals surface area contributed by atoms with Gasteiger partial charge in [0.15, 0.2) is 0 Å². The van der Waals surface area contributed by atoms with Gasteiger partial charge in [-0.15, -0.1) is 11.8 Å². The van der Waals surface area contributed by atoms with E-state index in [9.17, 15) is 4.79 Å². The molecular formula is C17H18N4OS. The predicted molar refractivity (Wildman–Crippen MR) is 90.2 cm³/mol. The molecule has 1 aliphatic rings. The zero-order chi connectivity index (χ0) is 16.4. The van der Waals surface area contributed by atoms with Gasteiger partial charge in [0.25, 0.3) is 0 Å². The molecule has 1 saturated heterocycles. The Labute approximate surface area is 139 Å². The van der Waals surface area contributed by atoms with Crippen LogP contribution in [0.4, 0.5) is 0 Å². The third kappa shape index (κ3) is 2.84. The van der Waals surface area contributed by atoms with E-state index in [1.165, 1.54) is 0 Å². The Morgan fingerprint density at radius 2 is 2.09 bits per heavy atom. The number of para-hydroxylation sites is 1. The normalized spacial score (nSPS) is 17.5. The van der Waals surface area contributed by atoms with Crippen LogP contribution in [-0.4, -0.2) is 32.9 Å². The van der Waals surface area contributed by atoms with Crippen molar-refractivity contribution < 1.29 is 4.79 Å². The molecule has 1 aromatic carbocycles. The van der Waals surface area contributed by atoms with Gasteiger partial charge in [-0.25, -0.2) is 4.68 Å². The smallest absolute Gasteiger partial charge is 0.233 e. The molecule has 0 spiro atoms. The van der Waals surface area contributed by atoms with E-state index < -0.39 is 0 Å². The number of benzene rings is 1. The molecule has 1 atom stereocenters. The lowest BCUT2D eigenvalue weighted by Gasteiger charge is -2.23. The van der Waals surface area contributed by atoms with E-state index in [2.05, 4.69) is 11.2 Å². The second kappa shape index (κ2) is 6.47. The van der Waals surface area contributed by atoms with E-state index in [0.717, 1.165) is 22.6 Å². The van der Waals surface area contributed by atoms with Gasteiger partial charge >= 0.3 is 0 Å². The molecule has 1 aromatic heterocycles. The highest BCUT2D eigenvalue weighted by atomic mass is 32.2. The average molecular weight is 326 g/mol. The number of rotatable bonds is 4. The number of aromatic nitrogens is 2. The molecule has 118 valence electrons. The molecule has 0 aliphatic carbocycles. The third-order valence-electron chi connectivity index (χ3n) is 4.03. The Kier molecular flexibility index (Phi) is 4.39.